The molecule has 4 heteroatoms. The van der Waals surface area contributed by atoms with Crippen molar-refractivity contribution in [1.82, 2.24) is 0 Å². The van der Waals surface area contributed by atoms with Crippen LogP contribution in [0.3, 0.4) is 0 Å². The lowest BCUT2D eigenvalue weighted by Crippen LogP contribution is -2.50. The Labute approximate surface area is 124 Å². The van der Waals surface area contributed by atoms with Crippen LogP contribution < -0.4 is 5.73 Å². The Hall–Kier alpha value is -1.03. The zero-order valence-electron chi connectivity index (χ0n) is 12.9. The van der Waals surface area contributed by atoms with Crippen LogP contribution >= 0.6 is 0 Å². The molecule has 2 unspecified atom stereocenters. The van der Waals surface area contributed by atoms with Crippen LogP contribution in [0.25, 0.3) is 0 Å². The van der Waals surface area contributed by atoms with Gasteiger partial charge in [0.05, 0.1) is 5.56 Å². The van der Waals surface area contributed by atoms with Gasteiger partial charge in [-0.15, -0.1) is 0 Å². The Morgan fingerprint density at radius 1 is 1.14 bits per heavy atom. The first-order valence-electron chi connectivity index (χ1n) is 7.44. The van der Waals surface area contributed by atoms with Crippen LogP contribution in [0.15, 0.2) is 24.3 Å². The molecule has 2 atom stereocenters. The van der Waals surface area contributed by atoms with Crippen molar-refractivity contribution < 1.29 is 13.2 Å². The predicted molar refractivity (Wildman–Crippen MR) is 78.9 cm³/mol. The Kier molecular flexibility index (Phi) is 4.13. The van der Waals surface area contributed by atoms with E-state index in [9.17, 15) is 13.2 Å². The molecule has 0 aromatic heterocycles. The Morgan fingerprint density at radius 3 is 2.19 bits per heavy atom. The molecule has 1 aromatic carbocycles. The van der Waals surface area contributed by atoms with Crippen molar-refractivity contribution in [2.75, 3.05) is 0 Å². The van der Waals surface area contributed by atoms with Crippen molar-refractivity contribution in [3.63, 3.8) is 0 Å². The van der Waals surface area contributed by atoms with Crippen LogP contribution in [0.5, 0.6) is 0 Å². The fourth-order valence-electron chi connectivity index (χ4n) is 4.16. The van der Waals surface area contributed by atoms with Crippen LogP contribution in [0.4, 0.5) is 13.2 Å². The van der Waals surface area contributed by atoms with E-state index in [1.54, 1.807) is 12.1 Å². The summed E-state index contributed by atoms with van der Waals surface area (Å²) in [6.45, 7) is 6.64. The summed E-state index contributed by atoms with van der Waals surface area (Å²) in [5.41, 5.74) is 6.72. The number of hydrogen-bond acceptors (Lipinski definition) is 1. The smallest absolute Gasteiger partial charge is 0.325 e. The molecule has 0 aliphatic heterocycles. The molecule has 2 rings (SSSR count). The molecule has 1 nitrogen and oxygen atoms in total. The van der Waals surface area contributed by atoms with E-state index in [4.69, 9.17) is 5.73 Å². The van der Waals surface area contributed by atoms with Gasteiger partial charge in [-0.25, -0.2) is 0 Å². The van der Waals surface area contributed by atoms with E-state index in [1.165, 1.54) is 0 Å². The standard InChI is InChI=1S/C17H24F3N/c1-12-8-15(2,3)11-16(21,9-12)10-13-4-6-14(7-5-13)17(18,19)20/h4-7,12H,8-11,21H2,1-3H3. The molecule has 0 heterocycles. The molecule has 118 valence electrons. The van der Waals surface area contributed by atoms with Gasteiger partial charge in [0, 0.05) is 5.54 Å². The Bertz CT molecular complexity index is 490. The summed E-state index contributed by atoms with van der Waals surface area (Å²) in [7, 11) is 0. The summed E-state index contributed by atoms with van der Waals surface area (Å²) in [5, 5.41) is 0. The molecule has 1 aliphatic carbocycles. The molecule has 0 saturated heterocycles. The van der Waals surface area contributed by atoms with E-state index >= 15 is 0 Å². The molecular formula is C17H24F3N. The summed E-state index contributed by atoms with van der Waals surface area (Å²) in [4.78, 5) is 0. The maximum atomic E-state index is 12.6. The third-order valence-electron chi connectivity index (χ3n) is 4.32. The second-order valence-corrected chi connectivity index (χ2v) is 7.59. The number of alkyl halides is 3. The topological polar surface area (TPSA) is 26.0 Å². The lowest BCUT2D eigenvalue weighted by atomic mass is 9.63. The quantitative estimate of drug-likeness (QED) is 0.834. The van der Waals surface area contributed by atoms with Crippen molar-refractivity contribution in [1.29, 1.82) is 0 Å². The number of benzene rings is 1. The van der Waals surface area contributed by atoms with Crippen molar-refractivity contribution in [2.45, 2.75) is 58.2 Å². The van der Waals surface area contributed by atoms with Gasteiger partial charge in [0.15, 0.2) is 0 Å². The van der Waals surface area contributed by atoms with Crippen molar-refractivity contribution in [3.8, 4) is 0 Å². The monoisotopic (exact) mass is 299 g/mol. The molecule has 21 heavy (non-hydrogen) atoms. The molecular weight excluding hydrogens is 275 g/mol. The minimum absolute atomic E-state index is 0.193. The van der Waals surface area contributed by atoms with Gasteiger partial charge < -0.3 is 5.73 Å². The fourth-order valence-corrected chi connectivity index (χ4v) is 4.16. The number of halogens is 3. The van der Waals surface area contributed by atoms with E-state index in [1.807, 2.05) is 0 Å². The Balaban J connectivity index is 2.13. The molecule has 0 spiro atoms. The molecule has 0 amide bonds. The van der Waals surface area contributed by atoms with Gasteiger partial charge in [0.2, 0.25) is 0 Å². The molecule has 1 aliphatic rings. The lowest BCUT2D eigenvalue weighted by molar-refractivity contribution is -0.137. The van der Waals surface area contributed by atoms with E-state index in [-0.39, 0.29) is 11.0 Å². The van der Waals surface area contributed by atoms with E-state index in [0.717, 1.165) is 37.0 Å². The molecule has 1 aromatic rings. The average molecular weight is 299 g/mol. The first-order valence-corrected chi connectivity index (χ1v) is 7.44. The van der Waals surface area contributed by atoms with Gasteiger partial charge in [-0.3, -0.25) is 0 Å². The predicted octanol–water partition coefficient (Wildman–Crippen LogP) is 4.79. The minimum atomic E-state index is -4.28. The maximum absolute atomic E-state index is 12.6. The van der Waals surface area contributed by atoms with Crippen LogP contribution in [-0.2, 0) is 12.6 Å². The highest BCUT2D eigenvalue weighted by Crippen LogP contribution is 2.44. The van der Waals surface area contributed by atoms with Gasteiger partial charge in [-0.1, -0.05) is 32.9 Å². The van der Waals surface area contributed by atoms with Crippen LogP contribution in [-0.4, -0.2) is 5.54 Å². The van der Waals surface area contributed by atoms with Gasteiger partial charge in [-0.05, 0) is 54.7 Å². The summed E-state index contributed by atoms with van der Waals surface area (Å²) < 4.78 is 37.7. The molecule has 1 fully saturated rings. The van der Waals surface area contributed by atoms with Crippen LogP contribution in [0, 0.1) is 11.3 Å². The lowest BCUT2D eigenvalue weighted by Gasteiger charge is -2.46. The van der Waals surface area contributed by atoms with Gasteiger partial charge in [0.25, 0.3) is 0 Å². The van der Waals surface area contributed by atoms with E-state index < -0.39 is 11.7 Å². The normalized spacial score (nSPS) is 29.4. The summed E-state index contributed by atoms with van der Waals surface area (Å²) >= 11 is 0. The van der Waals surface area contributed by atoms with Crippen LogP contribution in [0.2, 0.25) is 0 Å². The molecule has 0 bridgehead atoms. The van der Waals surface area contributed by atoms with Gasteiger partial charge >= 0.3 is 6.18 Å². The second kappa shape index (κ2) is 5.31. The first kappa shape index (κ1) is 16.3. The van der Waals surface area contributed by atoms with Gasteiger partial charge in [0.1, 0.15) is 0 Å². The highest BCUT2D eigenvalue weighted by atomic mass is 19.4. The fraction of sp³-hybridized carbons (Fsp3) is 0.647. The van der Waals surface area contributed by atoms with Crippen molar-refractivity contribution in [2.24, 2.45) is 17.1 Å². The number of hydrogen-bond donors (Lipinski definition) is 1. The SMILES string of the molecule is CC1CC(C)(C)CC(N)(Cc2ccc(C(F)(F)F)cc2)C1. The van der Waals surface area contributed by atoms with Crippen molar-refractivity contribution in [3.05, 3.63) is 35.4 Å². The summed E-state index contributed by atoms with van der Waals surface area (Å²) in [5.74, 6) is 0.549. The van der Waals surface area contributed by atoms with Crippen molar-refractivity contribution >= 4 is 0 Å². The average Bonchev–Trinajstić information content (AvgIpc) is 2.23. The zero-order chi connectivity index (χ0) is 15.9. The van der Waals surface area contributed by atoms with E-state index in [2.05, 4.69) is 20.8 Å². The second-order valence-electron chi connectivity index (χ2n) is 7.59. The zero-order valence-corrected chi connectivity index (χ0v) is 12.9. The summed E-state index contributed by atoms with van der Waals surface area (Å²) in [6, 6.07) is 5.42. The first-order chi connectivity index (χ1) is 9.49. The third kappa shape index (κ3) is 4.22. The third-order valence-corrected chi connectivity index (χ3v) is 4.32. The van der Waals surface area contributed by atoms with E-state index in [0.29, 0.717) is 12.3 Å². The minimum Gasteiger partial charge on any atom is -0.325 e. The molecule has 0 radical (unpaired) electrons. The molecule has 2 N–H and O–H groups in total. The number of rotatable bonds is 2. The highest BCUT2D eigenvalue weighted by molar-refractivity contribution is 5.26. The largest absolute Gasteiger partial charge is 0.416 e. The summed E-state index contributed by atoms with van der Waals surface area (Å²) in [6.07, 6.45) is -0.652. The Morgan fingerprint density at radius 2 is 1.71 bits per heavy atom. The molecule has 1 saturated carbocycles. The number of nitrogens with two attached hydrogens (primary N) is 1. The van der Waals surface area contributed by atoms with Gasteiger partial charge in [-0.2, -0.15) is 13.2 Å². The maximum Gasteiger partial charge on any atom is 0.416 e. The van der Waals surface area contributed by atoms with Crippen LogP contribution in [0.1, 0.15) is 51.2 Å². The highest BCUT2D eigenvalue weighted by Gasteiger charge is 2.40.